The van der Waals surface area contributed by atoms with Gasteiger partial charge in [0.25, 0.3) is 0 Å². The zero-order valence-corrected chi connectivity index (χ0v) is 12.7. The molecule has 1 saturated carbocycles. The standard InChI is InChI=1S/C17H20N2S/c1-11-5-6-12-10-14-15(13(12)9-11)19-16(20-14)17(18)7-3-2-4-8-17/h5-6,9H,2-4,7-8,10,18H2,1H3. The van der Waals surface area contributed by atoms with Gasteiger partial charge in [0.15, 0.2) is 0 Å². The smallest absolute Gasteiger partial charge is 0.113 e. The van der Waals surface area contributed by atoms with Crippen LogP contribution in [0.3, 0.4) is 0 Å². The van der Waals surface area contributed by atoms with Crippen LogP contribution in [0.5, 0.6) is 0 Å². The third kappa shape index (κ3) is 1.84. The molecule has 0 spiro atoms. The molecule has 3 heteroatoms. The van der Waals surface area contributed by atoms with Crippen LogP contribution in [0, 0.1) is 6.92 Å². The lowest BCUT2D eigenvalue weighted by molar-refractivity contribution is 0.301. The molecule has 4 rings (SSSR count). The van der Waals surface area contributed by atoms with Gasteiger partial charge in [-0.25, -0.2) is 4.98 Å². The fourth-order valence-electron chi connectivity index (χ4n) is 3.53. The Labute approximate surface area is 124 Å². The first-order valence-electron chi connectivity index (χ1n) is 7.55. The predicted molar refractivity (Wildman–Crippen MR) is 84.0 cm³/mol. The molecule has 1 aromatic heterocycles. The molecule has 0 atom stereocenters. The first kappa shape index (κ1) is 12.5. The van der Waals surface area contributed by atoms with Crippen LogP contribution in [0.25, 0.3) is 11.3 Å². The number of fused-ring (bicyclic) bond motifs is 3. The van der Waals surface area contributed by atoms with Crippen molar-refractivity contribution in [3.8, 4) is 11.3 Å². The van der Waals surface area contributed by atoms with E-state index in [0.717, 1.165) is 19.3 Å². The minimum absolute atomic E-state index is 0.156. The molecule has 104 valence electrons. The first-order chi connectivity index (χ1) is 9.66. The maximum Gasteiger partial charge on any atom is 0.113 e. The van der Waals surface area contributed by atoms with Crippen LogP contribution < -0.4 is 5.73 Å². The number of thiazole rings is 1. The third-order valence-electron chi connectivity index (χ3n) is 4.74. The van der Waals surface area contributed by atoms with Crippen molar-refractivity contribution in [3.63, 3.8) is 0 Å². The fraction of sp³-hybridized carbons (Fsp3) is 0.471. The quantitative estimate of drug-likeness (QED) is 0.729. The lowest BCUT2D eigenvalue weighted by Gasteiger charge is -2.31. The topological polar surface area (TPSA) is 38.9 Å². The van der Waals surface area contributed by atoms with Crippen molar-refractivity contribution in [1.82, 2.24) is 4.98 Å². The van der Waals surface area contributed by atoms with Crippen molar-refractivity contribution in [1.29, 1.82) is 0 Å². The van der Waals surface area contributed by atoms with Crippen LogP contribution in [0.1, 0.15) is 53.1 Å². The summed E-state index contributed by atoms with van der Waals surface area (Å²) in [6.45, 7) is 2.15. The lowest BCUT2D eigenvalue weighted by atomic mass is 9.83. The van der Waals surface area contributed by atoms with Gasteiger partial charge in [0.2, 0.25) is 0 Å². The average molecular weight is 284 g/mol. The predicted octanol–water partition coefficient (Wildman–Crippen LogP) is 4.14. The minimum atomic E-state index is -0.156. The number of nitrogens with two attached hydrogens (primary N) is 1. The molecule has 0 bridgehead atoms. The Balaban J connectivity index is 1.76. The molecule has 0 radical (unpaired) electrons. The number of aromatic nitrogens is 1. The zero-order valence-electron chi connectivity index (χ0n) is 11.9. The Bertz CT molecular complexity index is 666. The van der Waals surface area contributed by atoms with E-state index in [1.165, 1.54) is 51.5 Å². The molecular weight excluding hydrogens is 264 g/mol. The summed E-state index contributed by atoms with van der Waals surface area (Å²) in [5.74, 6) is 0. The molecule has 1 heterocycles. The molecule has 2 aliphatic rings. The highest BCUT2D eigenvalue weighted by Gasteiger charge is 2.35. The molecule has 2 aliphatic carbocycles. The molecule has 20 heavy (non-hydrogen) atoms. The number of hydrogen-bond donors (Lipinski definition) is 1. The summed E-state index contributed by atoms with van der Waals surface area (Å²) in [6, 6.07) is 6.72. The Morgan fingerprint density at radius 1 is 1.20 bits per heavy atom. The summed E-state index contributed by atoms with van der Waals surface area (Å²) < 4.78 is 0. The number of nitrogens with zero attached hydrogens (tertiary/aromatic N) is 1. The average Bonchev–Trinajstić information content (AvgIpc) is 2.98. The van der Waals surface area contributed by atoms with Crippen molar-refractivity contribution in [2.45, 2.75) is 51.0 Å². The molecule has 0 saturated heterocycles. The van der Waals surface area contributed by atoms with E-state index in [1.807, 2.05) is 11.3 Å². The van der Waals surface area contributed by atoms with Gasteiger partial charge in [0.1, 0.15) is 5.01 Å². The van der Waals surface area contributed by atoms with Crippen LogP contribution in [0.15, 0.2) is 18.2 Å². The van der Waals surface area contributed by atoms with E-state index >= 15 is 0 Å². The van der Waals surface area contributed by atoms with Gasteiger partial charge in [0.05, 0.1) is 11.2 Å². The molecule has 2 nitrogen and oxygen atoms in total. The second-order valence-corrected chi connectivity index (χ2v) is 7.43. The van der Waals surface area contributed by atoms with Gasteiger partial charge < -0.3 is 5.73 Å². The molecule has 0 aliphatic heterocycles. The molecule has 0 amide bonds. The van der Waals surface area contributed by atoms with Gasteiger partial charge >= 0.3 is 0 Å². The van der Waals surface area contributed by atoms with Crippen molar-refractivity contribution in [2.24, 2.45) is 5.73 Å². The van der Waals surface area contributed by atoms with Crippen LogP contribution >= 0.6 is 11.3 Å². The Morgan fingerprint density at radius 3 is 2.80 bits per heavy atom. The normalized spacial score (nSPS) is 19.7. The summed E-state index contributed by atoms with van der Waals surface area (Å²) >= 11 is 1.85. The highest BCUT2D eigenvalue weighted by molar-refractivity contribution is 7.12. The first-order valence-corrected chi connectivity index (χ1v) is 8.36. The Kier molecular flexibility index (Phi) is 2.76. The monoisotopic (exact) mass is 284 g/mol. The number of benzene rings is 1. The van der Waals surface area contributed by atoms with Gasteiger partial charge in [-0.2, -0.15) is 0 Å². The molecular formula is C17H20N2S. The lowest BCUT2D eigenvalue weighted by Crippen LogP contribution is -2.38. The van der Waals surface area contributed by atoms with Crippen LogP contribution in [0.4, 0.5) is 0 Å². The van der Waals surface area contributed by atoms with Gasteiger partial charge in [-0.15, -0.1) is 11.3 Å². The molecule has 1 aromatic carbocycles. The maximum atomic E-state index is 6.64. The summed E-state index contributed by atoms with van der Waals surface area (Å²) in [5, 5.41) is 1.18. The van der Waals surface area contributed by atoms with E-state index in [0.29, 0.717) is 0 Å². The van der Waals surface area contributed by atoms with E-state index in [-0.39, 0.29) is 5.54 Å². The highest BCUT2D eigenvalue weighted by atomic mass is 32.1. The van der Waals surface area contributed by atoms with Gasteiger partial charge in [-0.05, 0) is 31.4 Å². The Hall–Kier alpha value is -1.19. The van der Waals surface area contributed by atoms with E-state index in [1.54, 1.807) is 0 Å². The largest absolute Gasteiger partial charge is 0.319 e. The second kappa shape index (κ2) is 4.40. The molecule has 2 aromatic rings. The summed E-state index contributed by atoms with van der Waals surface area (Å²) in [7, 11) is 0. The van der Waals surface area contributed by atoms with Crippen LogP contribution in [-0.4, -0.2) is 4.98 Å². The van der Waals surface area contributed by atoms with Crippen molar-refractivity contribution >= 4 is 11.3 Å². The summed E-state index contributed by atoms with van der Waals surface area (Å²) in [5.41, 5.74) is 11.8. The van der Waals surface area contributed by atoms with E-state index in [4.69, 9.17) is 10.7 Å². The van der Waals surface area contributed by atoms with E-state index in [2.05, 4.69) is 25.1 Å². The number of rotatable bonds is 1. The summed E-state index contributed by atoms with van der Waals surface area (Å²) in [6.07, 6.45) is 7.05. The summed E-state index contributed by atoms with van der Waals surface area (Å²) in [4.78, 5) is 6.38. The Morgan fingerprint density at radius 2 is 2.00 bits per heavy atom. The molecule has 0 unspecified atom stereocenters. The minimum Gasteiger partial charge on any atom is -0.319 e. The van der Waals surface area contributed by atoms with E-state index in [9.17, 15) is 0 Å². The molecule has 1 fully saturated rings. The zero-order chi connectivity index (χ0) is 13.7. The fourth-order valence-corrected chi connectivity index (χ4v) is 4.79. The second-order valence-electron chi connectivity index (χ2n) is 6.34. The highest BCUT2D eigenvalue weighted by Crippen LogP contribution is 2.44. The van der Waals surface area contributed by atoms with Gasteiger partial charge in [0, 0.05) is 16.9 Å². The molecule has 2 N–H and O–H groups in total. The van der Waals surface area contributed by atoms with Crippen molar-refractivity contribution in [2.75, 3.05) is 0 Å². The van der Waals surface area contributed by atoms with Gasteiger partial charge in [-0.3, -0.25) is 0 Å². The van der Waals surface area contributed by atoms with Crippen molar-refractivity contribution < 1.29 is 0 Å². The SMILES string of the molecule is Cc1ccc2c(c1)-c1nc(C3(N)CCCCC3)sc1C2. The number of hydrogen-bond acceptors (Lipinski definition) is 3. The third-order valence-corrected chi connectivity index (χ3v) is 6.02. The van der Waals surface area contributed by atoms with Crippen LogP contribution in [0.2, 0.25) is 0 Å². The number of aryl methyl sites for hydroxylation is 1. The van der Waals surface area contributed by atoms with E-state index < -0.39 is 0 Å². The van der Waals surface area contributed by atoms with Crippen molar-refractivity contribution in [3.05, 3.63) is 39.2 Å². The maximum absolute atomic E-state index is 6.64. The van der Waals surface area contributed by atoms with Gasteiger partial charge in [-0.1, -0.05) is 37.0 Å². The van der Waals surface area contributed by atoms with Crippen LogP contribution in [-0.2, 0) is 12.0 Å².